The minimum absolute atomic E-state index is 0.147. The second-order valence-corrected chi connectivity index (χ2v) is 9.12. The van der Waals surface area contributed by atoms with Crippen molar-refractivity contribution in [1.82, 2.24) is 9.80 Å². The lowest BCUT2D eigenvalue weighted by Crippen LogP contribution is -2.49. The molecule has 0 spiro atoms. The summed E-state index contributed by atoms with van der Waals surface area (Å²) in [5.74, 6) is -1.17. The van der Waals surface area contributed by atoms with E-state index in [4.69, 9.17) is 0 Å². The molecule has 4 amide bonds. The average molecular weight is 451 g/mol. The molecule has 2 aromatic rings. The van der Waals surface area contributed by atoms with Crippen LogP contribution in [0.25, 0.3) is 0 Å². The summed E-state index contributed by atoms with van der Waals surface area (Å²) in [6, 6.07) is 11.3. The summed E-state index contributed by atoms with van der Waals surface area (Å²) >= 11 is 0. The Balaban J connectivity index is 0.000000189. The van der Waals surface area contributed by atoms with Crippen molar-refractivity contribution < 1.29 is 24.1 Å². The Hall–Kier alpha value is -3.88. The molecule has 0 fully saturated rings. The number of nitro groups is 1. The van der Waals surface area contributed by atoms with E-state index >= 15 is 0 Å². The highest BCUT2D eigenvalue weighted by atomic mass is 16.6. The molecule has 4 rings (SSSR count). The van der Waals surface area contributed by atoms with Crippen LogP contribution < -0.4 is 0 Å². The van der Waals surface area contributed by atoms with E-state index in [-0.39, 0.29) is 29.0 Å². The molecule has 0 aliphatic carbocycles. The van der Waals surface area contributed by atoms with Gasteiger partial charge in [0.1, 0.15) is 0 Å². The Bertz CT molecular complexity index is 1210. The summed E-state index contributed by atoms with van der Waals surface area (Å²) < 4.78 is 0. The van der Waals surface area contributed by atoms with Crippen molar-refractivity contribution in [3.8, 4) is 0 Å². The highest BCUT2D eigenvalue weighted by Gasteiger charge is 2.44. The first-order valence-corrected chi connectivity index (χ1v) is 10.3. The number of nitrogens with zero attached hydrogens (tertiary/aromatic N) is 3. The maximum Gasteiger partial charge on any atom is 0.270 e. The smallest absolute Gasteiger partial charge is 0.270 e. The zero-order valence-corrected chi connectivity index (χ0v) is 19.3. The van der Waals surface area contributed by atoms with E-state index in [2.05, 4.69) is 0 Å². The minimum Gasteiger partial charge on any atom is -0.281 e. The van der Waals surface area contributed by atoms with Crippen LogP contribution in [0.3, 0.4) is 0 Å². The van der Waals surface area contributed by atoms with Crippen LogP contribution >= 0.6 is 0 Å². The molecule has 0 aromatic heterocycles. The highest BCUT2D eigenvalue weighted by molar-refractivity contribution is 6.13. The van der Waals surface area contributed by atoms with Crippen LogP contribution in [0.4, 0.5) is 5.69 Å². The maximum absolute atomic E-state index is 12.0. The molecular weight excluding hydrogens is 426 g/mol. The van der Waals surface area contributed by atoms with Gasteiger partial charge in [0, 0.05) is 31.8 Å². The summed E-state index contributed by atoms with van der Waals surface area (Å²) in [4.78, 5) is 60.1. The van der Waals surface area contributed by atoms with Crippen LogP contribution in [0, 0.1) is 10.1 Å². The van der Waals surface area contributed by atoms with Gasteiger partial charge in [-0.05, 0) is 44.9 Å². The molecule has 33 heavy (non-hydrogen) atoms. The van der Waals surface area contributed by atoms with Crippen LogP contribution in [0.1, 0.15) is 59.5 Å². The normalized spacial score (nSPS) is 18.2. The van der Waals surface area contributed by atoms with Crippen molar-refractivity contribution in [3.05, 3.63) is 74.8 Å². The first-order valence-electron chi connectivity index (χ1n) is 10.3. The third-order valence-electron chi connectivity index (χ3n) is 6.24. The lowest BCUT2D eigenvalue weighted by Gasteiger charge is -2.35. The number of non-ortho nitro benzene ring substituents is 1. The summed E-state index contributed by atoms with van der Waals surface area (Å²) in [6.45, 7) is 7.08. The van der Waals surface area contributed by atoms with Gasteiger partial charge in [0.05, 0.1) is 21.3 Å². The summed E-state index contributed by atoms with van der Waals surface area (Å²) in [5, 5.41) is 10.7. The van der Waals surface area contributed by atoms with Gasteiger partial charge >= 0.3 is 0 Å². The second-order valence-electron chi connectivity index (χ2n) is 9.12. The van der Waals surface area contributed by atoms with Crippen molar-refractivity contribution in [3.63, 3.8) is 0 Å². The molecule has 0 N–H and O–H groups in total. The van der Waals surface area contributed by atoms with Crippen molar-refractivity contribution in [2.24, 2.45) is 0 Å². The molecule has 0 saturated heterocycles. The van der Waals surface area contributed by atoms with Crippen molar-refractivity contribution >= 4 is 29.3 Å². The van der Waals surface area contributed by atoms with Gasteiger partial charge in [0.15, 0.2) is 0 Å². The molecule has 2 aromatic carbocycles. The molecule has 2 aliphatic rings. The molecule has 2 heterocycles. The van der Waals surface area contributed by atoms with Gasteiger partial charge in [0.2, 0.25) is 11.8 Å². The van der Waals surface area contributed by atoms with Crippen molar-refractivity contribution in [2.75, 3.05) is 14.1 Å². The Labute approximate surface area is 191 Å². The van der Waals surface area contributed by atoms with E-state index < -0.39 is 21.7 Å². The fourth-order valence-electron chi connectivity index (χ4n) is 4.20. The lowest BCUT2D eigenvalue weighted by atomic mass is 9.77. The number of fused-ring (bicyclic) bond motifs is 2. The number of benzene rings is 2. The Morgan fingerprint density at radius 2 is 1.18 bits per heavy atom. The first-order chi connectivity index (χ1) is 15.2. The highest BCUT2D eigenvalue weighted by Crippen LogP contribution is 2.36. The first kappa shape index (κ1) is 23.8. The predicted octanol–water partition coefficient (Wildman–Crippen LogP) is 3.06. The number of amides is 4. The molecule has 2 aliphatic heterocycles. The fourth-order valence-corrected chi connectivity index (χ4v) is 4.20. The number of hydrogen-bond donors (Lipinski definition) is 0. The Morgan fingerprint density at radius 1 is 0.727 bits per heavy atom. The van der Waals surface area contributed by atoms with E-state index in [1.165, 1.54) is 37.2 Å². The van der Waals surface area contributed by atoms with Gasteiger partial charge in [-0.1, -0.05) is 24.3 Å². The van der Waals surface area contributed by atoms with Crippen LogP contribution in [0.2, 0.25) is 0 Å². The SMILES string of the molecule is CN1C(=O)c2cc([N+](=O)[O-])ccc2C(C)(C)C1=O.CN1C(=O)c2ccccc2C(C)(C)C1=O. The number of carbonyl (C=O) groups excluding carboxylic acids is 4. The number of imide groups is 2. The monoisotopic (exact) mass is 451 g/mol. The lowest BCUT2D eigenvalue weighted by molar-refractivity contribution is -0.384. The van der Waals surface area contributed by atoms with Crippen LogP contribution in [-0.2, 0) is 20.4 Å². The molecule has 0 bridgehead atoms. The summed E-state index contributed by atoms with van der Waals surface area (Å²) in [5.41, 5.74) is 0.577. The van der Waals surface area contributed by atoms with Gasteiger partial charge in [-0.15, -0.1) is 0 Å². The molecule has 9 nitrogen and oxygen atoms in total. The van der Waals surface area contributed by atoms with Gasteiger partial charge < -0.3 is 0 Å². The number of hydrogen-bond acceptors (Lipinski definition) is 6. The third kappa shape index (κ3) is 3.69. The van der Waals surface area contributed by atoms with Crippen molar-refractivity contribution in [1.29, 1.82) is 0 Å². The molecule has 172 valence electrons. The number of likely N-dealkylation sites (N-methyl/N-ethyl adjacent to an activating group) is 2. The van der Waals surface area contributed by atoms with Crippen LogP contribution in [0.15, 0.2) is 42.5 Å². The molecule has 9 heteroatoms. The standard InChI is InChI=1S/C12H12N2O4.C12H13NO2/c1-12(2)9-5-4-7(14(17)18)6-8(9)10(15)13(3)11(12)16;1-12(2)9-7-5-4-6-8(9)10(14)13(3)11(12)15/h4-6H,1-3H3;4-7H,1-3H3. The molecule has 0 radical (unpaired) electrons. The van der Waals surface area contributed by atoms with Crippen LogP contribution in [0.5, 0.6) is 0 Å². The molecular formula is C24H25N3O6. The van der Waals surface area contributed by atoms with Crippen molar-refractivity contribution in [2.45, 2.75) is 38.5 Å². The number of nitro benzene ring substituents is 1. The zero-order chi connectivity index (χ0) is 24.9. The van der Waals surface area contributed by atoms with E-state index in [9.17, 15) is 29.3 Å². The molecule has 0 atom stereocenters. The summed E-state index contributed by atoms with van der Waals surface area (Å²) in [6.07, 6.45) is 0. The van der Waals surface area contributed by atoms with Gasteiger partial charge in [0.25, 0.3) is 17.5 Å². The van der Waals surface area contributed by atoms with E-state index in [1.54, 1.807) is 19.9 Å². The number of rotatable bonds is 1. The van der Waals surface area contributed by atoms with E-state index in [1.807, 2.05) is 32.0 Å². The van der Waals surface area contributed by atoms with E-state index in [0.717, 1.165) is 10.5 Å². The van der Waals surface area contributed by atoms with Gasteiger partial charge in [-0.3, -0.25) is 39.1 Å². The molecule has 0 saturated carbocycles. The predicted molar refractivity (Wildman–Crippen MR) is 120 cm³/mol. The quantitative estimate of drug-likeness (QED) is 0.374. The second kappa shape index (κ2) is 7.91. The largest absolute Gasteiger partial charge is 0.281 e. The van der Waals surface area contributed by atoms with Crippen LogP contribution in [-0.4, -0.2) is 52.4 Å². The van der Waals surface area contributed by atoms with E-state index in [0.29, 0.717) is 11.1 Å². The Kier molecular flexibility index (Phi) is 5.70. The topological polar surface area (TPSA) is 118 Å². The maximum atomic E-state index is 12.0. The molecule has 0 unspecified atom stereocenters. The van der Waals surface area contributed by atoms with Gasteiger partial charge in [-0.25, -0.2) is 0 Å². The fraction of sp³-hybridized carbons (Fsp3) is 0.333. The summed E-state index contributed by atoms with van der Waals surface area (Å²) in [7, 11) is 2.91. The zero-order valence-electron chi connectivity index (χ0n) is 19.3. The Morgan fingerprint density at radius 3 is 1.70 bits per heavy atom. The van der Waals surface area contributed by atoms with Gasteiger partial charge in [-0.2, -0.15) is 0 Å². The minimum atomic E-state index is -0.854. The third-order valence-corrected chi connectivity index (χ3v) is 6.24. The number of carbonyl (C=O) groups is 4. The average Bonchev–Trinajstić information content (AvgIpc) is 2.79.